The Bertz CT molecular complexity index is 1420. The van der Waals surface area contributed by atoms with Crippen LogP contribution < -0.4 is 19.1 Å². The number of fused-ring (bicyclic) bond motifs is 1. The molecule has 0 saturated heterocycles. The quantitative estimate of drug-likeness (QED) is 0.331. The topological polar surface area (TPSA) is 105 Å². The Kier molecular flexibility index (Phi) is 10.2. The molecular formula is C31H37N3O6S. The van der Waals surface area contributed by atoms with Crippen molar-refractivity contribution in [1.29, 1.82) is 0 Å². The molecule has 41 heavy (non-hydrogen) atoms. The van der Waals surface area contributed by atoms with Crippen LogP contribution in [0.2, 0.25) is 0 Å². The third-order valence-corrected chi connectivity index (χ3v) is 8.55. The molecule has 0 fully saturated rings. The summed E-state index contributed by atoms with van der Waals surface area (Å²) in [5.41, 5.74) is 2.01. The van der Waals surface area contributed by atoms with Gasteiger partial charge in [0.15, 0.2) is 11.5 Å². The first-order chi connectivity index (χ1) is 19.8. The second-order valence-corrected chi connectivity index (χ2v) is 11.9. The molecule has 1 heterocycles. The maximum Gasteiger partial charge on any atom is 0.244 e. The molecule has 0 aromatic heterocycles. The van der Waals surface area contributed by atoms with E-state index in [0.29, 0.717) is 36.9 Å². The first kappa shape index (κ1) is 29.9. The van der Waals surface area contributed by atoms with Gasteiger partial charge in [-0.1, -0.05) is 67.6 Å². The van der Waals surface area contributed by atoms with Crippen LogP contribution >= 0.6 is 0 Å². The number of rotatable bonds is 13. The van der Waals surface area contributed by atoms with E-state index in [1.54, 1.807) is 18.2 Å². The van der Waals surface area contributed by atoms with Gasteiger partial charge in [-0.05, 0) is 36.6 Å². The van der Waals surface area contributed by atoms with Gasteiger partial charge in [-0.15, -0.1) is 0 Å². The van der Waals surface area contributed by atoms with Crippen LogP contribution in [0.3, 0.4) is 0 Å². The van der Waals surface area contributed by atoms with Crippen LogP contribution in [0.4, 0.5) is 5.69 Å². The van der Waals surface area contributed by atoms with Crippen LogP contribution in [-0.4, -0.2) is 63.2 Å². The van der Waals surface area contributed by atoms with Crippen molar-refractivity contribution in [3.05, 3.63) is 90.0 Å². The molecule has 3 aromatic rings. The van der Waals surface area contributed by atoms with E-state index in [-0.39, 0.29) is 24.6 Å². The normalized spacial score (nSPS) is 13.2. The minimum atomic E-state index is -3.87. The van der Waals surface area contributed by atoms with Crippen LogP contribution in [0.1, 0.15) is 31.4 Å². The van der Waals surface area contributed by atoms with Crippen molar-refractivity contribution in [2.24, 2.45) is 0 Å². The summed E-state index contributed by atoms with van der Waals surface area (Å²) in [5, 5.41) is 2.94. The number of amides is 2. The molecule has 1 N–H and O–H groups in total. The average Bonchev–Trinajstić information content (AvgIpc) is 3.01. The van der Waals surface area contributed by atoms with Gasteiger partial charge in [-0.25, -0.2) is 8.42 Å². The predicted molar refractivity (Wildman–Crippen MR) is 158 cm³/mol. The standard InChI is InChI=1S/C31H37N3O6S/c1-3-17-32-31(36)27(20-24-11-7-5-8-12-24)33(22-25-13-9-6-10-14-25)30(35)23-34(41(37,38)4-2)26-15-16-28-29(21-26)40-19-18-39-28/h5-16,21,27H,3-4,17-20,22-23H2,1-2H3,(H,32,36). The van der Waals surface area contributed by atoms with Gasteiger partial charge in [0.1, 0.15) is 25.8 Å². The van der Waals surface area contributed by atoms with Gasteiger partial charge in [-0.3, -0.25) is 13.9 Å². The highest BCUT2D eigenvalue weighted by atomic mass is 32.2. The van der Waals surface area contributed by atoms with E-state index in [1.807, 2.05) is 67.6 Å². The summed E-state index contributed by atoms with van der Waals surface area (Å²) in [6.45, 7) is 4.36. The number of carbonyl (C=O) groups excluding carboxylic acids is 2. The number of nitrogens with one attached hydrogen (secondary N) is 1. The second kappa shape index (κ2) is 14.0. The molecule has 9 nitrogen and oxygen atoms in total. The molecule has 4 rings (SSSR count). The summed E-state index contributed by atoms with van der Waals surface area (Å²) >= 11 is 0. The SMILES string of the molecule is CCCNC(=O)C(Cc1ccccc1)N(Cc1ccccc1)C(=O)CN(c1ccc2c(c1)OCCO2)S(=O)(=O)CC. The summed E-state index contributed by atoms with van der Waals surface area (Å²) in [6.07, 6.45) is 1.02. The maximum absolute atomic E-state index is 14.2. The molecule has 1 atom stereocenters. The summed E-state index contributed by atoms with van der Waals surface area (Å²) in [5.74, 6) is -0.0591. The van der Waals surface area contributed by atoms with Crippen molar-refractivity contribution in [2.75, 3.05) is 36.4 Å². The van der Waals surface area contributed by atoms with E-state index < -0.39 is 28.5 Å². The van der Waals surface area contributed by atoms with Crippen molar-refractivity contribution in [1.82, 2.24) is 10.2 Å². The minimum Gasteiger partial charge on any atom is -0.486 e. The van der Waals surface area contributed by atoms with E-state index in [0.717, 1.165) is 21.9 Å². The lowest BCUT2D eigenvalue weighted by Crippen LogP contribution is -2.53. The molecular weight excluding hydrogens is 542 g/mol. The molecule has 0 bridgehead atoms. The maximum atomic E-state index is 14.2. The molecule has 10 heteroatoms. The van der Waals surface area contributed by atoms with Gasteiger partial charge in [0.05, 0.1) is 11.4 Å². The lowest BCUT2D eigenvalue weighted by molar-refractivity contribution is -0.140. The fourth-order valence-electron chi connectivity index (χ4n) is 4.61. The molecule has 218 valence electrons. The van der Waals surface area contributed by atoms with E-state index in [9.17, 15) is 18.0 Å². The monoisotopic (exact) mass is 579 g/mol. The Morgan fingerprint density at radius 2 is 1.51 bits per heavy atom. The predicted octanol–water partition coefficient (Wildman–Crippen LogP) is 3.78. The van der Waals surface area contributed by atoms with Crippen LogP contribution in [0.5, 0.6) is 11.5 Å². The third kappa shape index (κ3) is 7.79. The lowest BCUT2D eigenvalue weighted by atomic mass is 10.0. The highest BCUT2D eigenvalue weighted by molar-refractivity contribution is 7.92. The van der Waals surface area contributed by atoms with Crippen molar-refractivity contribution in [3.63, 3.8) is 0 Å². The minimum absolute atomic E-state index is 0.137. The van der Waals surface area contributed by atoms with Gasteiger partial charge >= 0.3 is 0 Å². The van der Waals surface area contributed by atoms with Crippen molar-refractivity contribution >= 4 is 27.5 Å². The zero-order valence-electron chi connectivity index (χ0n) is 23.5. The molecule has 1 aliphatic heterocycles. The highest BCUT2D eigenvalue weighted by Gasteiger charge is 2.34. The van der Waals surface area contributed by atoms with Crippen LogP contribution in [0, 0.1) is 0 Å². The molecule has 0 saturated carbocycles. The number of hydrogen-bond donors (Lipinski definition) is 1. The van der Waals surface area contributed by atoms with Crippen molar-refractivity contribution in [3.8, 4) is 11.5 Å². The Hall–Kier alpha value is -4.05. The first-order valence-electron chi connectivity index (χ1n) is 13.9. The molecule has 1 aliphatic rings. The molecule has 2 amide bonds. The number of anilines is 1. The Balaban J connectivity index is 1.72. The number of hydrogen-bond acceptors (Lipinski definition) is 6. The number of ether oxygens (including phenoxy) is 2. The van der Waals surface area contributed by atoms with Crippen molar-refractivity contribution < 1.29 is 27.5 Å². The lowest BCUT2D eigenvalue weighted by Gasteiger charge is -2.34. The molecule has 0 spiro atoms. The fraction of sp³-hybridized carbons (Fsp3) is 0.355. The zero-order chi connectivity index (χ0) is 29.2. The van der Waals surface area contributed by atoms with E-state index in [4.69, 9.17) is 9.47 Å². The van der Waals surface area contributed by atoms with Crippen LogP contribution in [0.25, 0.3) is 0 Å². The molecule has 1 unspecified atom stereocenters. The average molecular weight is 580 g/mol. The number of sulfonamides is 1. The smallest absolute Gasteiger partial charge is 0.244 e. The zero-order valence-corrected chi connectivity index (χ0v) is 24.3. The molecule has 3 aromatic carbocycles. The fourth-order valence-corrected chi connectivity index (χ4v) is 5.66. The van der Waals surface area contributed by atoms with Gasteiger partial charge in [0.2, 0.25) is 21.8 Å². The largest absolute Gasteiger partial charge is 0.486 e. The number of nitrogens with zero attached hydrogens (tertiary/aromatic N) is 2. The summed E-state index contributed by atoms with van der Waals surface area (Å²) in [6, 6.07) is 22.8. The van der Waals surface area contributed by atoms with E-state index in [1.165, 1.54) is 11.8 Å². The van der Waals surface area contributed by atoms with E-state index in [2.05, 4.69) is 5.32 Å². The van der Waals surface area contributed by atoms with Gasteiger partial charge < -0.3 is 19.7 Å². The Morgan fingerprint density at radius 1 is 0.878 bits per heavy atom. The third-order valence-electron chi connectivity index (χ3n) is 6.81. The number of carbonyl (C=O) groups is 2. The van der Waals surface area contributed by atoms with Crippen LogP contribution in [-0.2, 0) is 32.6 Å². The summed E-state index contributed by atoms with van der Waals surface area (Å²) in [7, 11) is -3.87. The second-order valence-electron chi connectivity index (χ2n) is 9.74. The van der Waals surface area contributed by atoms with Gasteiger partial charge in [-0.2, -0.15) is 0 Å². The Labute approximate surface area is 242 Å². The summed E-state index contributed by atoms with van der Waals surface area (Å²) < 4.78 is 39.0. The van der Waals surface area contributed by atoms with Crippen LogP contribution in [0.15, 0.2) is 78.9 Å². The van der Waals surface area contributed by atoms with E-state index >= 15 is 0 Å². The first-order valence-corrected chi connectivity index (χ1v) is 15.5. The van der Waals surface area contributed by atoms with Crippen molar-refractivity contribution in [2.45, 2.75) is 39.3 Å². The van der Waals surface area contributed by atoms with Gasteiger partial charge in [0, 0.05) is 25.6 Å². The highest BCUT2D eigenvalue weighted by Crippen LogP contribution is 2.35. The Morgan fingerprint density at radius 3 is 2.15 bits per heavy atom. The number of benzene rings is 3. The molecule has 0 radical (unpaired) electrons. The summed E-state index contributed by atoms with van der Waals surface area (Å²) in [4.78, 5) is 29.2. The molecule has 0 aliphatic carbocycles. The van der Waals surface area contributed by atoms with Gasteiger partial charge in [0.25, 0.3) is 0 Å².